The van der Waals surface area contributed by atoms with Crippen LogP contribution in [0.5, 0.6) is 0 Å². The second kappa shape index (κ2) is 5.74. The molecule has 2 N–H and O–H groups in total. The van der Waals surface area contributed by atoms with Crippen molar-refractivity contribution in [2.24, 2.45) is 5.92 Å². The van der Waals surface area contributed by atoms with E-state index in [4.69, 9.17) is 11.6 Å². The number of aromatic nitrogens is 1. The number of aliphatic hydroxyl groups is 1. The molecule has 4 aliphatic rings. The van der Waals surface area contributed by atoms with Gasteiger partial charge in [-0.15, -0.1) is 0 Å². The predicted octanol–water partition coefficient (Wildman–Crippen LogP) is 4.22. The molecule has 2 aliphatic heterocycles. The standard InChI is InChI=1S/C21H25ClN2O2/c1-12(18-11-23-19-3-2-14(22)7-17(18)19)4-20(25)24-15-5-13-6-16(24)10-21(26,8-13)9-15/h2-3,7,11-13,15-16,23,26H,4-6,8-10H2,1H3. The first-order valence-corrected chi connectivity index (χ1v) is 10.1. The van der Waals surface area contributed by atoms with E-state index >= 15 is 0 Å². The number of amides is 1. The number of hydrogen-bond donors (Lipinski definition) is 2. The minimum atomic E-state index is -0.507. The van der Waals surface area contributed by atoms with Gasteiger partial charge in [0.05, 0.1) is 5.60 Å². The van der Waals surface area contributed by atoms with Gasteiger partial charge in [0.25, 0.3) is 0 Å². The molecule has 2 aromatic rings. The van der Waals surface area contributed by atoms with E-state index in [-0.39, 0.29) is 23.9 Å². The van der Waals surface area contributed by atoms with Gasteiger partial charge in [0.2, 0.25) is 5.91 Å². The first kappa shape index (κ1) is 16.6. The lowest BCUT2D eigenvalue weighted by Gasteiger charge is -2.59. The number of piperidine rings is 2. The van der Waals surface area contributed by atoms with Crippen molar-refractivity contribution in [3.8, 4) is 0 Å². The van der Waals surface area contributed by atoms with Crippen LogP contribution in [0.3, 0.4) is 0 Å². The molecule has 138 valence electrons. The number of hydrogen-bond acceptors (Lipinski definition) is 2. The maximum Gasteiger partial charge on any atom is 0.223 e. The third kappa shape index (κ3) is 2.57. The second-order valence-electron chi connectivity index (χ2n) is 8.82. The maximum absolute atomic E-state index is 13.2. The number of halogens is 1. The topological polar surface area (TPSA) is 56.3 Å². The summed E-state index contributed by atoms with van der Waals surface area (Å²) in [5, 5.41) is 12.5. The van der Waals surface area contributed by atoms with Gasteiger partial charge in [0, 0.05) is 40.6 Å². The van der Waals surface area contributed by atoms with Crippen molar-refractivity contribution in [2.45, 2.75) is 69.1 Å². The zero-order valence-corrected chi connectivity index (χ0v) is 15.8. The molecule has 26 heavy (non-hydrogen) atoms. The largest absolute Gasteiger partial charge is 0.390 e. The number of benzene rings is 1. The highest BCUT2D eigenvalue weighted by molar-refractivity contribution is 6.31. The van der Waals surface area contributed by atoms with Crippen LogP contribution in [0.2, 0.25) is 5.02 Å². The lowest BCUT2D eigenvalue weighted by molar-refractivity contribution is -0.174. The lowest BCUT2D eigenvalue weighted by Crippen LogP contribution is -2.65. The molecule has 5 heteroatoms. The van der Waals surface area contributed by atoms with E-state index in [0.717, 1.165) is 53.6 Å². The third-order valence-corrected chi connectivity index (χ3v) is 7.11. The molecule has 3 atom stereocenters. The van der Waals surface area contributed by atoms with Crippen molar-refractivity contribution in [3.63, 3.8) is 0 Å². The summed E-state index contributed by atoms with van der Waals surface area (Å²) in [6.45, 7) is 2.12. The van der Waals surface area contributed by atoms with Crippen molar-refractivity contribution >= 4 is 28.4 Å². The Balaban J connectivity index is 1.36. The first-order valence-electron chi connectivity index (χ1n) is 9.72. The van der Waals surface area contributed by atoms with E-state index in [2.05, 4.69) is 16.8 Å². The molecule has 2 saturated carbocycles. The Bertz CT molecular complexity index is 860. The predicted molar refractivity (Wildman–Crippen MR) is 102 cm³/mol. The summed E-state index contributed by atoms with van der Waals surface area (Å²) < 4.78 is 0. The molecule has 4 nitrogen and oxygen atoms in total. The number of aromatic amines is 1. The maximum atomic E-state index is 13.2. The van der Waals surface area contributed by atoms with Crippen molar-refractivity contribution in [3.05, 3.63) is 35.0 Å². The quantitative estimate of drug-likeness (QED) is 0.847. The Labute approximate surface area is 158 Å². The summed E-state index contributed by atoms with van der Waals surface area (Å²) in [6.07, 6.45) is 7.13. The Morgan fingerprint density at radius 2 is 2.08 bits per heavy atom. The molecule has 1 aromatic carbocycles. The van der Waals surface area contributed by atoms with E-state index < -0.39 is 5.60 Å². The van der Waals surface area contributed by atoms with Crippen LogP contribution in [0.1, 0.15) is 56.9 Å². The third-order valence-electron chi connectivity index (χ3n) is 6.87. The molecule has 1 amide bonds. The zero-order valence-electron chi connectivity index (χ0n) is 15.0. The van der Waals surface area contributed by atoms with Crippen LogP contribution in [-0.2, 0) is 4.79 Å². The molecular formula is C21H25ClN2O2. The molecular weight excluding hydrogens is 348 g/mol. The minimum Gasteiger partial charge on any atom is -0.390 e. The summed E-state index contributed by atoms with van der Waals surface area (Å²) in [5.41, 5.74) is 1.70. The van der Waals surface area contributed by atoms with Crippen molar-refractivity contribution in [1.29, 1.82) is 0 Å². The van der Waals surface area contributed by atoms with Gasteiger partial charge in [0.1, 0.15) is 0 Å². The Kier molecular flexibility index (Phi) is 3.67. The highest BCUT2D eigenvalue weighted by Gasteiger charge is 2.54. The van der Waals surface area contributed by atoms with E-state index in [1.165, 1.54) is 0 Å². The summed E-state index contributed by atoms with van der Waals surface area (Å²) in [6, 6.07) is 6.32. The fourth-order valence-electron chi connectivity index (χ4n) is 5.99. The molecule has 6 rings (SSSR count). The van der Waals surface area contributed by atoms with Crippen LogP contribution in [0, 0.1) is 5.92 Å². The lowest BCUT2D eigenvalue weighted by atomic mass is 9.61. The summed E-state index contributed by atoms with van der Waals surface area (Å²) >= 11 is 6.16. The molecule has 3 unspecified atom stereocenters. The van der Waals surface area contributed by atoms with Gasteiger partial charge >= 0.3 is 0 Å². The molecule has 1 aromatic heterocycles. The van der Waals surface area contributed by atoms with Gasteiger partial charge < -0.3 is 15.0 Å². The minimum absolute atomic E-state index is 0.134. The number of nitrogens with zero attached hydrogens (tertiary/aromatic N) is 1. The van der Waals surface area contributed by atoms with E-state index in [9.17, 15) is 9.90 Å². The Morgan fingerprint density at radius 1 is 1.35 bits per heavy atom. The van der Waals surface area contributed by atoms with Crippen molar-refractivity contribution < 1.29 is 9.90 Å². The van der Waals surface area contributed by atoms with Gasteiger partial charge in [-0.2, -0.15) is 0 Å². The summed E-state index contributed by atoms with van der Waals surface area (Å²) in [5.74, 6) is 0.982. The second-order valence-corrected chi connectivity index (χ2v) is 9.26. The Hall–Kier alpha value is -1.52. The number of rotatable bonds is 3. The average Bonchev–Trinajstić information content (AvgIpc) is 2.95. The van der Waals surface area contributed by atoms with Crippen LogP contribution < -0.4 is 0 Å². The Morgan fingerprint density at radius 3 is 2.77 bits per heavy atom. The average molecular weight is 373 g/mol. The summed E-state index contributed by atoms with van der Waals surface area (Å²) in [4.78, 5) is 18.6. The highest BCUT2D eigenvalue weighted by Crippen LogP contribution is 2.51. The highest BCUT2D eigenvalue weighted by atomic mass is 35.5. The van der Waals surface area contributed by atoms with Crippen LogP contribution in [-0.4, -0.2) is 38.6 Å². The van der Waals surface area contributed by atoms with Gasteiger partial charge in [-0.1, -0.05) is 18.5 Å². The first-order chi connectivity index (χ1) is 12.4. The van der Waals surface area contributed by atoms with Crippen molar-refractivity contribution in [2.75, 3.05) is 0 Å². The van der Waals surface area contributed by atoms with Crippen molar-refractivity contribution in [1.82, 2.24) is 9.88 Å². The van der Waals surface area contributed by atoms with Crippen LogP contribution in [0.25, 0.3) is 10.9 Å². The normalized spacial score (nSPS) is 33.8. The van der Waals surface area contributed by atoms with Crippen LogP contribution in [0.4, 0.5) is 0 Å². The number of fused-ring (bicyclic) bond motifs is 1. The van der Waals surface area contributed by atoms with E-state index in [0.29, 0.717) is 12.3 Å². The van der Waals surface area contributed by atoms with Gasteiger partial charge in [0.15, 0.2) is 0 Å². The van der Waals surface area contributed by atoms with Crippen LogP contribution >= 0.6 is 11.6 Å². The number of carbonyl (C=O) groups excluding carboxylic acids is 1. The number of H-pyrrole nitrogens is 1. The molecule has 0 radical (unpaired) electrons. The molecule has 4 fully saturated rings. The molecule has 2 aliphatic carbocycles. The number of carbonyl (C=O) groups is 1. The summed E-state index contributed by atoms with van der Waals surface area (Å²) in [7, 11) is 0. The van der Waals surface area contributed by atoms with E-state index in [1.807, 2.05) is 24.4 Å². The fourth-order valence-corrected chi connectivity index (χ4v) is 6.16. The van der Waals surface area contributed by atoms with Gasteiger partial charge in [-0.05, 0) is 67.7 Å². The number of nitrogens with one attached hydrogen (secondary N) is 1. The molecule has 4 bridgehead atoms. The molecule has 3 heterocycles. The monoisotopic (exact) mass is 372 g/mol. The van der Waals surface area contributed by atoms with Crippen LogP contribution in [0.15, 0.2) is 24.4 Å². The molecule has 2 saturated heterocycles. The molecule has 0 spiro atoms. The van der Waals surface area contributed by atoms with Gasteiger partial charge in [-0.3, -0.25) is 4.79 Å². The van der Waals surface area contributed by atoms with E-state index in [1.54, 1.807) is 0 Å². The smallest absolute Gasteiger partial charge is 0.223 e. The zero-order chi connectivity index (χ0) is 18.1. The SMILES string of the molecule is CC(CC(=O)N1C2CC3CC1CC(O)(C3)C2)c1c[nH]c2ccc(Cl)cc12. The fraction of sp³-hybridized carbons (Fsp3) is 0.571. The van der Waals surface area contributed by atoms with Gasteiger partial charge in [-0.25, -0.2) is 0 Å².